The molecule has 90 valence electrons. The smallest absolute Gasteiger partial charge is 0.185 e. The van der Waals surface area contributed by atoms with E-state index in [1.54, 1.807) is 24.3 Å². The molecule has 2 aromatic rings. The lowest BCUT2D eigenvalue weighted by atomic mass is 10.1. The van der Waals surface area contributed by atoms with E-state index in [1.165, 1.54) is 18.2 Å². The van der Waals surface area contributed by atoms with Gasteiger partial charge >= 0.3 is 0 Å². The van der Waals surface area contributed by atoms with Gasteiger partial charge in [-0.2, -0.15) is 0 Å². The Morgan fingerprint density at radius 3 is 2.50 bits per heavy atom. The second-order valence-electron chi connectivity index (χ2n) is 4.12. The SMILES string of the molecule is Cc1cccc(C(=O)C=Cc2ccc(F)cc2)c1. The molecule has 0 saturated heterocycles. The van der Waals surface area contributed by atoms with Crippen LogP contribution < -0.4 is 0 Å². The van der Waals surface area contributed by atoms with Crippen LogP contribution in [-0.2, 0) is 0 Å². The Morgan fingerprint density at radius 1 is 1.11 bits per heavy atom. The molecule has 0 aliphatic rings. The standard InChI is InChI=1S/C16H13FO/c1-12-3-2-4-14(11-12)16(18)10-7-13-5-8-15(17)9-6-13/h2-11H,1H3. The maximum absolute atomic E-state index is 12.7. The lowest BCUT2D eigenvalue weighted by Crippen LogP contribution is -1.94. The van der Waals surface area contributed by atoms with Crippen LogP contribution in [0.15, 0.2) is 54.6 Å². The summed E-state index contributed by atoms with van der Waals surface area (Å²) >= 11 is 0. The molecule has 0 fully saturated rings. The number of rotatable bonds is 3. The highest BCUT2D eigenvalue weighted by Gasteiger charge is 2.00. The second kappa shape index (κ2) is 5.41. The number of carbonyl (C=O) groups is 1. The van der Waals surface area contributed by atoms with Crippen LogP contribution in [-0.4, -0.2) is 5.78 Å². The van der Waals surface area contributed by atoms with E-state index in [0.29, 0.717) is 5.56 Å². The molecule has 0 amide bonds. The van der Waals surface area contributed by atoms with Crippen LogP contribution in [0, 0.1) is 12.7 Å². The van der Waals surface area contributed by atoms with Gasteiger partial charge in [0.05, 0.1) is 0 Å². The molecular weight excluding hydrogens is 227 g/mol. The van der Waals surface area contributed by atoms with Crippen molar-refractivity contribution in [3.63, 3.8) is 0 Å². The lowest BCUT2D eigenvalue weighted by molar-refractivity contribution is 0.104. The molecule has 0 radical (unpaired) electrons. The average Bonchev–Trinajstić information content (AvgIpc) is 2.38. The van der Waals surface area contributed by atoms with E-state index in [-0.39, 0.29) is 11.6 Å². The Morgan fingerprint density at radius 2 is 1.83 bits per heavy atom. The van der Waals surface area contributed by atoms with E-state index in [1.807, 2.05) is 25.1 Å². The summed E-state index contributed by atoms with van der Waals surface area (Å²) in [6, 6.07) is 13.4. The Hall–Kier alpha value is -2.22. The van der Waals surface area contributed by atoms with Crippen LogP contribution in [0.2, 0.25) is 0 Å². The maximum atomic E-state index is 12.7. The number of hydrogen-bond acceptors (Lipinski definition) is 1. The zero-order chi connectivity index (χ0) is 13.0. The number of aryl methyl sites for hydroxylation is 1. The monoisotopic (exact) mass is 240 g/mol. The topological polar surface area (TPSA) is 17.1 Å². The number of allylic oxidation sites excluding steroid dienone is 1. The largest absolute Gasteiger partial charge is 0.289 e. The summed E-state index contributed by atoms with van der Waals surface area (Å²) in [5, 5.41) is 0. The fourth-order valence-corrected chi connectivity index (χ4v) is 1.64. The molecular formula is C16H13FO. The third kappa shape index (κ3) is 3.14. The Labute approximate surface area is 106 Å². The van der Waals surface area contributed by atoms with Gasteiger partial charge in [-0.05, 0) is 36.8 Å². The van der Waals surface area contributed by atoms with Gasteiger partial charge in [-0.25, -0.2) is 4.39 Å². The number of halogens is 1. The van der Waals surface area contributed by atoms with Gasteiger partial charge in [-0.15, -0.1) is 0 Å². The van der Waals surface area contributed by atoms with Gasteiger partial charge in [0.2, 0.25) is 0 Å². The second-order valence-corrected chi connectivity index (χ2v) is 4.12. The molecule has 0 heterocycles. The highest BCUT2D eigenvalue weighted by molar-refractivity contribution is 6.06. The number of hydrogen-bond donors (Lipinski definition) is 0. The maximum Gasteiger partial charge on any atom is 0.185 e. The number of benzene rings is 2. The van der Waals surface area contributed by atoms with E-state index in [9.17, 15) is 9.18 Å². The van der Waals surface area contributed by atoms with Crippen LogP contribution in [0.4, 0.5) is 4.39 Å². The summed E-state index contributed by atoms with van der Waals surface area (Å²) in [4.78, 5) is 11.9. The van der Waals surface area contributed by atoms with E-state index in [2.05, 4.69) is 0 Å². The van der Waals surface area contributed by atoms with Crippen LogP contribution in [0.5, 0.6) is 0 Å². The van der Waals surface area contributed by atoms with Gasteiger partial charge in [-0.1, -0.05) is 42.0 Å². The summed E-state index contributed by atoms with van der Waals surface area (Å²) in [6.45, 7) is 1.94. The lowest BCUT2D eigenvalue weighted by Gasteiger charge is -1.97. The molecule has 0 saturated carbocycles. The minimum Gasteiger partial charge on any atom is -0.289 e. The van der Waals surface area contributed by atoms with Gasteiger partial charge in [0.1, 0.15) is 5.82 Å². The van der Waals surface area contributed by atoms with Crippen molar-refractivity contribution in [2.75, 3.05) is 0 Å². The first-order chi connectivity index (χ1) is 8.65. The van der Waals surface area contributed by atoms with E-state index < -0.39 is 0 Å². The van der Waals surface area contributed by atoms with E-state index >= 15 is 0 Å². The van der Waals surface area contributed by atoms with Crippen LogP contribution in [0.3, 0.4) is 0 Å². The quantitative estimate of drug-likeness (QED) is 0.584. The first-order valence-electron chi connectivity index (χ1n) is 5.70. The van der Waals surface area contributed by atoms with Gasteiger partial charge in [-0.3, -0.25) is 4.79 Å². The molecule has 0 bridgehead atoms. The summed E-state index contributed by atoms with van der Waals surface area (Å²) in [5.41, 5.74) is 2.52. The average molecular weight is 240 g/mol. The molecule has 0 atom stereocenters. The predicted molar refractivity (Wildman–Crippen MR) is 70.9 cm³/mol. The molecule has 0 N–H and O–H groups in total. The molecule has 18 heavy (non-hydrogen) atoms. The van der Waals surface area contributed by atoms with Gasteiger partial charge in [0.15, 0.2) is 5.78 Å². The summed E-state index contributed by atoms with van der Waals surface area (Å²) in [5.74, 6) is -0.333. The Balaban J connectivity index is 2.14. The van der Waals surface area contributed by atoms with Gasteiger partial charge in [0.25, 0.3) is 0 Å². The summed E-state index contributed by atoms with van der Waals surface area (Å²) < 4.78 is 12.7. The molecule has 0 unspecified atom stereocenters. The Kier molecular flexibility index (Phi) is 3.68. The predicted octanol–water partition coefficient (Wildman–Crippen LogP) is 4.03. The molecule has 2 heteroatoms. The minimum atomic E-state index is -0.280. The van der Waals surface area contributed by atoms with Crippen molar-refractivity contribution in [2.24, 2.45) is 0 Å². The molecule has 0 aliphatic carbocycles. The fourth-order valence-electron chi connectivity index (χ4n) is 1.64. The summed E-state index contributed by atoms with van der Waals surface area (Å²) in [7, 11) is 0. The first-order valence-corrected chi connectivity index (χ1v) is 5.70. The van der Waals surface area contributed by atoms with Crippen molar-refractivity contribution in [2.45, 2.75) is 6.92 Å². The van der Waals surface area contributed by atoms with Crippen molar-refractivity contribution in [1.82, 2.24) is 0 Å². The summed E-state index contributed by atoms with van der Waals surface area (Å²) in [6.07, 6.45) is 3.19. The first kappa shape index (κ1) is 12.2. The molecule has 0 spiro atoms. The molecule has 1 nitrogen and oxygen atoms in total. The van der Waals surface area contributed by atoms with Crippen molar-refractivity contribution < 1.29 is 9.18 Å². The highest BCUT2D eigenvalue weighted by atomic mass is 19.1. The third-order valence-corrected chi connectivity index (χ3v) is 2.60. The third-order valence-electron chi connectivity index (χ3n) is 2.60. The van der Waals surface area contributed by atoms with Crippen LogP contribution in [0.1, 0.15) is 21.5 Å². The van der Waals surface area contributed by atoms with Crippen molar-refractivity contribution >= 4 is 11.9 Å². The molecule has 0 aromatic heterocycles. The van der Waals surface area contributed by atoms with E-state index in [0.717, 1.165) is 11.1 Å². The van der Waals surface area contributed by atoms with Gasteiger partial charge in [0, 0.05) is 5.56 Å². The number of ketones is 1. The molecule has 0 aliphatic heterocycles. The Bertz CT molecular complexity index is 582. The van der Waals surface area contributed by atoms with Crippen molar-refractivity contribution in [3.8, 4) is 0 Å². The van der Waals surface area contributed by atoms with Crippen molar-refractivity contribution in [3.05, 3.63) is 77.1 Å². The molecule has 2 rings (SSSR count). The zero-order valence-corrected chi connectivity index (χ0v) is 10.1. The van der Waals surface area contributed by atoms with Crippen LogP contribution >= 0.6 is 0 Å². The zero-order valence-electron chi connectivity index (χ0n) is 10.1. The van der Waals surface area contributed by atoms with Gasteiger partial charge < -0.3 is 0 Å². The minimum absolute atomic E-state index is 0.0528. The van der Waals surface area contributed by atoms with E-state index in [4.69, 9.17) is 0 Å². The fraction of sp³-hybridized carbons (Fsp3) is 0.0625. The van der Waals surface area contributed by atoms with Crippen molar-refractivity contribution in [1.29, 1.82) is 0 Å². The van der Waals surface area contributed by atoms with Crippen LogP contribution in [0.25, 0.3) is 6.08 Å². The normalized spacial score (nSPS) is 10.8. The molecule has 2 aromatic carbocycles. The highest BCUT2D eigenvalue weighted by Crippen LogP contribution is 2.08. The number of carbonyl (C=O) groups excluding carboxylic acids is 1.